The quantitative estimate of drug-likeness (QED) is 0.385. The molecular formula is C22H16BrN3O3. The van der Waals surface area contributed by atoms with Crippen LogP contribution in [0.3, 0.4) is 0 Å². The van der Waals surface area contributed by atoms with E-state index in [0.717, 1.165) is 27.1 Å². The maximum absolute atomic E-state index is 11.6. The summed E-state index contributed by atoms with van der Waals surface area (Å²) in [5.74, 6) is 0.724. The highest BCUT2D eigenvalue weighted by Gasteiger charge is 2.43. The van der Waals surface area contributed by atoms with Gasteiger partial charge in [-0.15, -0.1) is 0 Å². The zero-order valence-corrected chi connectivity index (χ0v) is 16.8. The van der Waals surface area contributed by atoms with Gasteiger partial charge in [0.2, 0.25) is 6.23 Å². The molecule has 6 nitrogen and oxygen atoms in total. The molecule has 2 heterocycles. The maximum atomic E-state index is 11.6. The minimum atomic E-state index is -0.670. The van der Waals surface area contributed by atoms with E-state index in [4.69, 9.17) is 9.84 Å². The number of hydrogen-bond acceptors (Lipinski definition) is 5. The van der Waals surface area contributed by atoms with Crippen LogP contribution in [0.25, 0.3) is 0 Å². The number of nitro groups is 1. The van der Waals surface area contributed by atoms with Crippen LogP contribution in [-0.2, 0) is 0 Å². The van der Waals surface area contributed by atoms with Crippen LogP contribution in [-0.4, -0.2) is 15.6 Å². The van der Waals surface area contributed by atoms with Crippen molar-refractivity contribution in [1.29, 1.82) is 0 Å². The molecule has 0 saturated carbocycles. The molecule has 0 unspecified atom stereocenters. The van der Waals surface area contributed by atoms with E-state index in [1.165, 1.54) is 6.07 Å². The number of para-hydroxylation sites is 1. The first kappa shape index (κ1) is 17.9. The van der Waals surface area contributed by atoms with Crippen molar-refractivity contribution in [3.63, 3.8) is 0 Å². The smallest absolute Gasteiger partial charge is 0.278 e. The second-order valence-corrected chi connectivity index (χ2v) is 7.90. The molecule has 0 radical (unpaired) electrons. The monoisotopic (exact) mass is 449 g/mol. The summed E-state index contributed by atoms with van der Waals surface area (Å²) in [7, 11) is 0. The summed E-state index contributed by atoms with van der Waals surface area (Å²) < 4.78 is 7.21. The molecule has 144 valence electrons. The number of hydrogen-bond donors (Lipinski definition) is 0. The molecule has 5 rings (SSSR count). The van der Waals surface area contributed by atoms with E-state index in [1.54, 1.807) is 18.2 Å². The van der Waals surface area contributed by atoms with Crippen molar-refractivity contribution in [3.05, 3.63) is 104 Å². The average Bonchev–Trinajstić information content (AvgIpc) is 3.20. The van der Waals surface area contributed by atoms with Gasteiger partial charge in [0.25, 0.3) is 5.69 Å². The number of halogens is 1. The Hall–Kier alpha value is -3.19. The average molecular weight is 450 g/mol. The van der Waals surface area contributed by atoms with E-state index in [0.29, 0.717) is 12.0 Å². The standard InChI is InChI=1S/C22H16BrN3O3/c23-15-10-11-21-17(12-15)20-13-18(14-6-2-1-3-7-14)24-25(20)22(29-21)16-8-4-5-9-19(16)26(27)28/h1-12,20,22H,13H2/t20-,22+/m1/s1. The number of fused-ring (bicyclic) bond motifs is 3. The number of rotatable bonds is 3. The second kappa shape index (κ2) is 7.00. The normalized spacial score (nSPS) is 19.8. The van der Waals surface area contributed by atoms with Gasteiger partial charge < -0.3 is 4.74 Å². The van der Waals surface area contributed by atoms with Crippen molar-refractivity contribution in [1.82, 2.24) is 5.01 Å². The van der Waals surface area contributed by atoms with Crippen LogP contribution in [0.15, 0.2) is 82.4 Å². The first-order chi connectivity index (χ1) is 14.1. The van der Waals surface area contributed by atoms with E-state index in [2.05, 4.69) is 15.9 Å². The highest BCUT2D eigenvalue weighted by atomic mass is 79.9. The zero-order chi connectivity index (χ0) is 20.0. The molecule has 3 aromatic carbocycles. The fraction of sp³-hybridized carbons (Fsp3) is 0.136. The van der Waals surface area contributed by atoms with Gasteiger partial charge in [-0.3, -0.25) is 10.1 Å². The van der Waals surface area contributed by atoms with E-state index in [9.17, 15) is 10.1 Å². The molecule has 0 saturated heterocycles. The molecule has 0 bridgehead atoms. The predicted octanol–water partition coefficient (Wildman–Crippen LogP) is 5.60. The van der Waals surface area contributed by atoms with Crippen LogP contribution >= 0.6 is 15.9 Å². The molecule has 0 aliphatic carbocycles. The number of nitro benzene ring substituents is 1. The number of ether oxygens (including phenoxy) is 1. The predicted molar refractivity (Wildman–Crippen MR) is 113 cm³/mol. The fourth-order valence-electron chi connectivity index (χ4n) is 3.93. The first-order valence-electron chi connectivity index (χ1n) is 9.22. The topological polar surface area (TPSA) is 68.0 Å². The lowest BCUT2D eigenvalue weighted by Crippen LogP contribution is -2.34. The number of nitrogens with zero attached hydrogens (tertiary/aromatic N) is 3. The van der Waals surface area contributed by atoms with Gasteiger partial charge in [-0.1, -0.05) is 58.4 Å². The lowest BCUT2D eigenvalue weighted by molar-refractivity contribution is -0.386. The number of benzene rings is 3. The summed E-state index contributed by atoms with van der Waals surface area (Å²) >= 11 is 3.54. The molecule has 7 heteroatoms. The van der Waals surface area contributed by atoms with Crippen LogP contribution in [0.2, 0.25) is 0 Å². The Morgan fingerprint density at radius 2 is 1.79 bits per heavy atom. The van der Waals surface area contributed by atoms with E-state index < -0.39 is 6.23 Å². The molecule has 0 fully saturated rings. The minimum absolute atomic E-state index is 0.0279. The lowest BCUT2D eigenvalue weighted by atomic mass is 9.96. The molecule has 2 atom stereocenters. The molecular weight excluding hydrogens is 434 g/mol. The molecule has 0 spiro atoms. The molecule has 2 aliphatic rings. The molecule has 0 amide bonds. The molecule has 3 aromatic rings. The van der Waals surface area contributed by atoms with Gasteiger partial charge in [0, 0.05) is 22.5 Å². The van der Waals surface area contributed by atoms with E-state index in [-0.39, 0.29) is 16.7 Å². The van der Waals surface area contributed by atoms with Crippen LogP contribution in [0, 0.1) is 10.1 Å². The Labute approximate surface area is 175 Å². The van der Waals surface area contributed by atoms with Gasteiger partial charge >= 0.3 is 0 Å². The highest BCUT2D eigenvalue weighted by Crippen LogP contribution is 2.49. The van der Waals surface area contributed by atoms with Crippen LogP contribution in [0.1, 0.15) is 35.4 Å². The Morgan fingerprint density at radius 3 is 2.59 bits per heavy atom. The Bertz CT molecular complexity index is 1130. The molecule has 0 aromatic heterocycles. The molecule has 0 N–H and O–H groups in total. The van der Waals surface area contributed by atoms with E-state index in [1.807, 2.05) is 53.5 Å². The van der Waals surface area contributed by atoms with Crippen LogP contribution in [0.5, 0.6) is 5.75 Å². The summed E-state index contributed by atoms with van der Waals surface area (Å²) in [5, 5.41) is 18.3. The third-order valence-electron chi connectivity index (χ3n) is 5.26. The summed E-state index contributed by atoms with van der Waals surface area (Å²) in [6, 6.07) is 22.5. The van der Waals surface area contributed by atoms with Gasteiger partial charge in [0.05, 0.1) is 22.2 Å². The minimum Gasteiger partial charge on any atom is -0.464 e. The SMILES string of the molecule is O=[N+]([O-])c1ccccc1[C@@H]1Oc2ccc(Br)cc2[C@H]2CC(c3ccccc3)=NN21. The zero-order valence-electron chi connectivity index (χ0n) is 15.2. The van der Waals surface area contributed by atoms with Crippen molar-refractivity contribution >= 4 is 27.3 Å². The Balaban J connectivity index is 1.65. The second-order valence-electron chi connectivity index (χ2n) is 6.98. The van der Waals surface area contributed by atoms with Gasteiger partial charge in [0.15, 0.2) is 0 Å². The molecule has 2 aliphatic heterocycles. The summed E-state index contributed by atoms with van der Waals surface area (Å²) in [4.78, 5) is 11.2. The van der Waals surface area contributed by atoms with Gasteiger partial charge in [-0.25, -0.2) is 5.01 Å². The van der Waals surface area contributed by atoms with Gasteiger partial charge in [-0.2, -0.15) is 5.10 Å². The Morgan fingerprint density at radius 1 is 1.03 bits per heavy atom. The molecule has 29 heavy (non-hydrogen) atoms. The maximum Gasteiger partial charge on any atom is 0.278 e. The third-order valence-corrected chi connectivity index (χ3v) is 5.75. The van der Waals surface area contributed by atoms with Crippen molar-refractivity contribution in [2.45, 2.75) is 18.7 Å². The first-order valence-corrected chi connectivity index (χ1v) is 10.0. The van der Waals surface area contributed by atoms with Gasteiger partial charge in [-0.05, 0) is 29.8 Å². The van der Waals surface area contributed by atoms with Crippen molar-refractivity contribution in [3.8, 4) is 5.75 Å². The van der Waals surface area contributed by atoms with Gasteiger partial charge in [0.1, 0.15) is 5.75 Å². The third kappa shape index (κ3) is 3.07. The summed E-state index contributed by atoms with van der Waals surface area (Å²) in [6.45, 7) is 0. The van der Waals surface area contributed by atoms with Crippen molar-refractivity contribution in [2.24, 2.45) is 5.10 Å². The lowest BCUT2D eigenvalue weighted by Gasteiger charge is -2.38. The number of hydrazone groups is 1. The van der Waals surface area contributed by atoms with Crippen LogP contribution < -0.4 is 4.74 Å². The van der Waals surface area contributed by atoms with E-state index >= 15 is 0 Å². The fourth-order valence-corrected chi connectivity index (χ4v) is 4.31. The summed E-state index contributed by atoms with van der Waals surface area (Å²) in [5.41, 5.74) is 3.52. The Kier molecular flexibility index (Phi) is 4.32. The largest absolute Gasteiger partial charge is 0.464 e. The summed E-state index contributed by atoms with van der Waals surface area (Å²) in [6.07, 6.45) is 0.0324. The van der Waals surface area contributed by atoms with Crippen molar-refractivity contribution < 1.29 is 9.66 Å². The van der Waals surface area contributed by atoms with Crippen molar-refractivity contribution in [2.75, 3.05) is 0 Å². The highest BCUT2D eigenvalue weighted by molar-refractivity contribution is 9.10. The van der Waals surface area contributed by atoms with Crippen LogP contribution in [0.4, 0.5) is 5.69 Å².